The van der Waals surface area contributed by atoms with E-state index in [-0.39, 0.29) is 24.3 Å². The average Bonchev–Trinajstić information content (AvgIpc) is 3.11. The highest BCUT2D eigenvalue weighted by Gasteiger charge is 2.30. The van der Waals surface area contributed by atoms with E-state index in [1.54, 1.807) is 0 Å². The van der Waals surface area contributed by atoms with Gasteiger partial charge in [0.1, 0.15) is 34.9 Å². The van der Waals surface area contributed by atoms with Crippen molar-refractivity contribution in [2.45, 2.75) is 52.0 Å². The fourth-order valence-corrected chi connectivity index (χ4v) is 6.82. The van der Waals surface area contributed by atoms with Crippen molar-refractivity contribution in [3.8, 4) is 11.5 Å². The fourth-order valence-electron chi connectivity index (χ4n) is 5.12. The maximum absolute atomic E-state index is 6.85. The van der Waals surface area contributed by atoms with Crippen molar-refractivity contribution >= 4 is 30.1 Å². The summed E-state index contributed by atoms with van der Waals surface area (Å²) in [5.41, 5.74) is 3.86. The summed E-state index contributed by atoms with van der Waals surface area (Å²) >= 11 is 0. The minimum Gasteiger partial charge on any atom is -0.486 e. The van der Waals surface area contributed by atoms with E-state index >= 15 is 0 Å². The molecule has 38 heavy (non-hydrogen) atoms. The highest BCUT2D eigenvalue weighted by Crippen LogP contribution is 2.48. The molecule has 6 heteroatoms. The number of ether oxygens (including phenoxy) is 2. The molecule has 1 aliphatic heterocycles. The minimum absolute atomic E-state index is 0.0251. The quantitative estimate of drug-likeness (QED) is 0.229. The largest absolute Gasteiger partial charge is 0.486 e. The third-order valence-corrected chi connectivity index (χ3v) is 9.19. The Balaban J connectivity index is 1.65. The first-order valence-electron chi connectivity index (χ1n) is 13.1. The Morgan fingerprint density at radius 2 is 1.00 bits per heavy atom. The van der Waals surface area contributed by atoms with Crippen LogP contribution in [0.2, 0.25) is 0 Å². The number of nitrogens with zero attached hydrogens (tertiary/aromatic N) is 1. The van der Waals surface area contributed by atoms with E-state index in [0.717, 1.165) is 33.4 Å². The minimum atomic E-state index is -1.58. The van der Waals surface area contributed by atoms with E-state index in [9.17, 15) is 0 Å². The lowest BCUT2D eigenvalue weighted by atomic mass is 10.0. The summed E-state index contributed by atoms with van der Waals surface area (Å²) < 4.78 is 28.8. The second-order valence-electron chi connectivity index (χ2n) is 9.88. The first-order valence-corrected chi connectivity index (χ1v) is 14.3. The van der Waals surface area contributed by atoms with Crippen molar-refractivity contribution in [2.24, 2.45) is 0 Å². The van der Waals surface area contributed by atoms with Crippen LogP contribution in [0.1, 0.15) is 50.9 Å². The molecule has 5 aromatic rings. The molecule has 6 rings (SSSR count). The van der Waals surface area contributed by atoms with Gasteiger partial charge in [-0.2, -0.15) is 4.67 Å². The molecule has 0 unspecified atom stereocenters. The Morgan fingerprint density at radius 1 is 0.579 bits per heavy atom. The molecule has 0 radical (unpaired) electrons. The Morgan fingerprint density at radius 3 is 1.42 bits per heavy atom. The van der Waals surface area contributed by atoms with Gasteiger partial charge in [-0.05, 0) is 63.1 Å². The van der Waals surface area contributed by atoms with Gasteiger partial charge < -0.3 is 17.9 Å². The lowest BCUT2D eigenvalue weighted by Gasteiger charge is -2.31. The second kappa shape index (κ2) is 10.2. The zero-order chi connectivity index (χ0) is 26.2. The van der Waals surface area contributed by atoms with Crippen molar-refractivity contribution in [1.29, 1.82) is 0 Å². The predicted molar refractivity (Wildman–Crippen MR) is 154 cm³/mol. The highest BCUT2D eigenvalue weighted by molar-refractivity contribution is 7.39. The maximum atomic E-state index is 6.85. The summed E-state index contributed by atoms with van der Waals surface area (Å²) in [4.78, 5) is 0. The summed E-state index contributed by atoms with van der Waals surface area (Å²) in [5, 5.41) is 1.75. The van der Waals surface area contributed by atoms with Crippen LogP contribution in [-0.4, -0.2) is 12.2 Å². The Kier molecular flexibility index (Phi) is 6.65. The van der Waals surface area contributed by atoms with Crippen LogP contribution in [0, 0.1) is 0 Å². The molecule has 4 aromatic carbocycles. The van der Waals surface area contributed by atoms with E-state index in [4.69, 9.17) is 17.9 Å². The average molecular weight is 526 g/mol. The molecule has 194 valence electrons. The summed E-state index contributed by atoms with van der Waals surface area (Å²) in [6, 6.07) is 33.1. The molecule has 0 aliphatic carbocycles. The fraction of sp³-hybridized carbons (Fsp3) is 0.250. The van der Waals surface area contributed by atoms with Gasteiger partial charge >= 0.3 is 8.16 Å². The van der Waals surface area contributed by atoms with Crippen LogP contribution in [0.3, 0.4) is 0 Å². The number of rotatable bonds is 5. The molecule has 0 saturated heterocycles. The van der Waals surface area contributed by atoms with E-state index in [2.05, 4.69) is 67.0 Å². The molecule has 0 saturated carbocycles. The third-order valence-electron chi connectivity index (χ3n) is 7.41. The summed E-state index contributed by atoms with van der Waals surface area (Å²) in [6.45, 7) is 8.50. The van der Waals surface area contributed by atoms with E-state index in [1.807, 2.05) is 62.4 Å². The molecule has 0 fully saturated rings. The molecule has 1 aliphatic rings. The van der Waals surface area contributed by atoms with E-state index < -0.39 is 8.16 Å². The van der Waals surface area contributed by atoms with Crippen molar-refractivity contribution in [1.82, 2.24) is 0 Å². The van der Waals surface area contributed by atoms with Gasteiger partial charge in [0, 0.05) is 12.1 Å². The second-order valence-corrected chi connectivity index (χ2v) is 11.2. The van der Waals surface area contributed by atoms with Crippen molar-refractivity contribution < 1.29 is 17.9 Å². The Bertz CT molecular complexity index is 1480. The first kappa shape index (κ1) is 24.7. The van der Waals surface area contributed by atoms with Crippen molar-refractivity contribution in [2.75, 3.05) is 4.67 Å². The monoisotopic (exact) mass is 525 g/mol. The number of hydrogen-bond donors (Lipinski definition) is 0. The highest BCUT2D eigenvalue weighted by atomic mass is 31.1. The topological polar surface area (TPSA) is 48.0 Å². The van der Waals surface area contributed by atoms with Gasteiger partial charge in [0.2, 0.25) is 0 Å². The summed E-state index contributed by atoms with van der Waals surface area (Å²) in [5.74, 6) is 1.55. The van der Waals surface area contributed by atoms with Crippen LogP contribution in [0.5, 0.6) is 11.5 Å². The smallest absolute Gasteiger partial charge is 0.310 e. The van der Waals surface area contributed by atoms with E-state index in [1.165, 1.54) is 11.1 Å². The van der Waals surface area contributed by atoms with Gasteiger partial charge in [0.25, 0.3) is 0 Å². The van der Waals surface area contributed by atoms with E-state index in [0.29, 0.717) is 0 Å². The number of benzene rings is 4. The summed E-state index contributed by atoms with van der Waals surface area (Å²) in [7, 11) is -1.58. The Labute approximate surface area is 224 Å². The molecule has 0 amide bonds. The van der Waals surface area contributed by atoms with Gasteiger partial charge in [-0.15, -0.1) is 0 Å². The maximum Gasteiger partial charge on any atom is 0.310 e. The molecule has 0 bridgehead atoms. The molecule has 0 N–H and O–H groups in total. The van der Waals surface area contributed by atoms with Crippen LogP contribution >= 0.6 is 8.16 Å². The molecule has 2 heterocycles. The van der Waals surface area contributed by atoms with Gasteiger partial charge in [0.15, 0.2) is 0 Å². The molecule has 1 aromatic heterocycles. The molecular formula is C32H32NO4P. The molecule has 5 nitrogen and oxygen atoms in total. The van der Waals surface area contributed by atoms with Crippen LogP contribution in [0.4, 0.5) is 0 Å². The zero-order valence-corrected chi connectivity index (χ0v) is 23.0. The lowest BCUT2D eigenvalue weighted by Crippen LogP contribution is -2.32. The van der Waals surface area contributed by atoms with Crippen molar-refractivity contribution in [3.63, 3.8) is 0 Å². The Hall–Kier alpha value is -3.66. The van der Waals surface area contributed by atoms with Crippen LogP contribution < -0.4 is 14.1 Å². The van der Waals surface area contributed by atoms with Crippen LogP contribution in [0.15, 0.2) is 105 Å². The third kappa shape index (κ3) is 4.47. The van der Waals surface area contributed by atoms with Crippen LogP contribution in [0.25, 0.3) is 21.9 Å². The molecule has 4 atom stereocenters. The summed E-state index contributed by atoms with van der Waals surface area (Å²) in [6.07, 6.45) is -0.256. The van der Waals surface area contributed by atoms with Crippen LogP contribution in [-0.2, 0) is 0 Å². The SMILES string of the molecule is C[C@@H]1Oc2cccc3op(N([C@H](C)c4ccccc4)[C@H](C)c4ccccc4)oc4cccc(c4c23)O[C@H]1C. The normalized spacial score (nSPS) is 18.4. The van der Waals surface area contributed by atoms with Crippen molar-refractivity contribution in [3.05, 3.63) is 108 Å². The molecule has 0 spiro atoms. The van der Waals surface area contributed by atoms with Gasteiger partial charge in [-0.25, -0.2) is 0 Å². The number of hydrogen-bond acceptors (Lipinski definition) is 5. The lowest BCUT2D eigenvalue weighted by molar-refractivity contribution is 0.0786. The zero-order valence-electron chi connectivity index (χ0n) is 22.1. The van der Waals surface area contributed by atoms with Gasteiger partial charge in [0.05, 0.1) is 10.8 Å². The predicted octanol–water partition coefficient (Wildman–Crippen LogP) is 9.30. The van der Waals surface area contributed by atoms with Gasteiger partial charge in [-0.3, -0.25) is 0 Å². The molecular weight excluding hydrogens is 493 g/mol. The first-order chi connectivity index (χ1) is 18.5. The standard InChI is InChI=1S/C32H32NO4P/c1-21(25-13-7-5-8-14-25)33(22(2)26-15-9-6-10-16-26)38-36-29-19-11-17-27-31(29)32-28(18-12-20-30(32)37-38)35-24(4)23(3)34-27/h5-24H,1-4H3/t21-,22-,23+,24+/m1/s1. The van der Waals surface area contributed by atoms with Gasteiger partial charge in [-0.1, -0.05) is 72.8 Å².